The Bertz CT molecular complexity index is 1240. The van der Waals surface area contributed by atoms with Crippen LogP contribution in [0, 0.1) is 12.8 Å². The molecule has 1 N–H and O–H groups in total. The first-order valence-electron chi connectivity index (χ1n) is 11.6. The summed E-state index contributed by atoms with van der Waals surface area (Å²) < 4.78 is 13.2. The van der Waals surface area contributed by atoms with Gasteiger partial charge < -0.3 is 19.4 Å². The van der Waals surface area contributed by atoms with E-state index in [-0.39, 0.29) is 11.6 Å². The van der Waals surface area contributed by atoms with Gasteiger partial charge in [0, 0.05) is 24.7 Å². The van der Waals surface area contributed by atoms with E-state index in [1.165, 1.54) is 19.3 Å². The number of hydrogen-bond acceptors (Lipinski definition) is 5. The van der Waals surface area contributed by atoms with Gasteiger partial charge in [-0.3, -0.25) is 9.78 Å². The zero-order valence-electron chi connectivity index (χ0n) is 20.1. The topological polar surface area (TPSA) is 82.5 Å². The number of rotatable bonds is 6. The van der Waals surface area contributed by atoms with Crippen molar-refractivity contribution in [3.63, 3.8) is 0 Å². The number of ether oxygens (including phenoxy) is 2. The van der Waals surface area contributed by atoms with Crippen LogP contribution in [0.5, 0.6) is 5.75 Å². The third-order valence-corrected chi connectivity index (χ3v) is 6.29. The molecule has 1 saturated carbocycles. The van der Waals surface area contributed by atoms with E-state index in [1.54, 1.807) is 17.8 Å². The number of alkyl carbamates (subject to hydrolysis) is 1. The normalized spacial score (nSPS) is 15.3. The number of carbonyl (C=O) groups is 1. The molecule has 0 saturated heterocycles. The van der Waals surface area contributed by atoms with Crippen LogP contribution in [0.4, 0.5) is 4.79 Å². The van der Waals surface area contributed by atoms with Crippen molar-refractivity contribution in [2.45, 2.75) is 65.0 Å². The van der Waals surface area contributed by atoms with E-state index in [0.717, 1.165) is 28.4 Å². The Morgan fingerprint density at radius 2 is 2.00 bits per heavy atom. The van der Waals surface area contributed by atoms with Crippen molar-refractivity contribution in [2.24, 2.45) is 13.0 Å². The number of benzene rings is 1. The smallest absolute Gasteiger partial charge is 0.407 e. The number of carbonyl (C=O) groups excluding carboxylic acids is 1. The summed E-state index contributed by atoms with van der Waals surface area (Å²) in [7, 11) is 1.77. The molecular weight excluding hydrogens is 418 g/mol. The fourth-order valence-corrected chi connectivity index (χ4v) is 4.41. The lowest BCUT2D eigenvalue weighted by molar-refractivity contribution is 0.0471. The molecule has 1 fully saturated rings. The van der Waals surface area contributed by atoms with Crippen LogP contribution in [0.2, 0.25) is 0 Å². The largest absolute Gasteiger partial charge is 0.491 e. The highest BCUT2D eigenvalue weighted by atomic mass is 16.6. The molecule has 2 aromatic heterocycles. The number of fused-ring (bicyclic) bond motifs is 3. The molecule has 0 bridgehead atoms. The molecule has 7 nitrogen and oxygen atoms in total. The van der Waals surface area contributed by atoms with Gasteiger partial charge in [0.05, 0.1) is 22.6 Å². The highest BCUT2D eigenvalue weighted by Gasteiger charge is 2.26. The van der Waals surface area contributed by atoms with E-state index in [9.17, 15) is 9.59 Å². The Balaban J connectivity index is 1.56. The van der Waals surface area contributed by atoms with Crippen molar-refractivity contribution in [3.05, 3.63) is 46.5 Å². The van der Waals surface area contributed by atoms with Crippen LogP contribution in [-0.2, 0) is 11.8 Å². The van der Waals surface area contributed by atoms with Crippen LogP contribution in [0.15, 0.2) is 35.3 Å². The second-order valence-electron chi connectivity index (χ2n) is 10.0. The minimum absolute atomic E-state index is 0.0743. The molecule has 2 heterocycles. The molecule has 1 amide bonds. The van der Waals surface area contributed by atoms with Crippen LogP contribution in [0.3, 0.4) is 0 Å². The van der Waals surface area contributed by atoms with Gasteiger partial charge in [-0.15, -0.1) is 0 Å². The molecule has 1 unspecified atom stereocenters. The fourth-order valence-electron chi connectivity index (χ4n) is 4.41. The Labute approximate surface area is 194 Å². The van der Waals surface area contributed by atoms with Crippen molar-refractivity contribution in [3.8, 4) is 5.75 Å². The third kappa shape index (κ3) is 5.13. The SMILES string of the molecule is Cc1nccc2c1c(=O)n(C)c1cc(OCC(CC3CCC3)NC(=O)OC(C)(C)C)ccc21. The number of aromatic nitrogens is 2. The molecule has 1 aliphatic rings. The van der Waals surface area contributed by atoms with Crippen LogP contribution >= 0.6 is 0 Å². The van der Waals surface area contributed by atoms with E-state index < -0.39 is 11.7 Å². The maximum absolute atomic E-state index is 13.0. The van der Waals surface area contributed by atoms with Gasteiger partial charge in [0.25, 0.3) is 5.56 Å². The van der Waals surface area contributed by atoms with E-state index in [0.29, 0.717) is 23.7 Å². The minimum atomic E-state index is -0.550. The van der Waals surface area contributed by atoms with Gasteiger partial charge >= 0.3 is 6.09 Å². The quantitative estimate of drug-likeness (QED) is 0.542. The van der Waals surface area contributed by atoms with Crippen molar-refractivity contribution in [1.82, 2.24) is 14.9 Å². The number of hydrogen-bond donors (Lipinski definition) is 1. The van der Waals surface area contributed by atoms with E-state index in [1.807, 2.05) is 52.0 Å². The van der Waals surface area contributed by atoms with Crippen molar-refractivity contribution in [2.75, 3.05) is 6.61 Å². The van der Waals surface area contributed by atoms with Crippen molar-refractivity contribution < 1.29 is 14.3 Å². The number of pyridine rings is 2. The van der Waals surface area contributed by atoms with Crippen LogP contribution < -0.4 is 15.6 Å². The van der Waals surface area contributed by atoms with Gasteiger partial charge in [-0.05, 0) is 63.6 Å². The number of amides is 1. The first kappa shape index (κ1) is 23.1. The fraction of sp³-hybridized carbons (Fsp3) is 0.500. The highest BCUT2D eigenvalue weighted by Crippen LogP contribution is 2.31. The Hall–Kier alpha value is -3.09. The number of nitrogens with zero attached hydrogens (tertiary/aromatic N) is 2. The zero-order valence-corrected chi connectivity index (χ0v) is 20.1. The van der Waals surface area contributed by atoms with Crippen molar-refractivity contribution in [1.29, 1.82) is 0 Å². The molecular formula is C26H33N3O4. The second kappa shape index (κ2) is 9.04. The standard InChI is InChI=1S/C26H33N3O4/c1-16-23-21(11-12-27-16)20-10-9-19(14-22(20)29(5)24(23)30)32-15-18(13-17-7-6-8-17)28-25(31)33-26(2,3)4/h9-12,14,17-18H,6-8,13,15H2,1-5H3,(H,28,31). The maximum atomic E-state index is 13.0. The summed E-state index contributed by atoms with van der Waals surface area (Å²) in [4.78, 5) is 29.6. The predicted octanol–water partition coefficient (Wildman–Crippen LogP) is 4.86. The highest BCUT2D eigenvalue weighted by molar-refractivity contribution is 6.06. The van der Waals surface area contributed by atoms with E-state index in [4.69, 9.17) is 9.47 Å². The molecule has 4 rings (SSSR count). The lowest BCUT2D eigenvalue weighted by Gasteiger charge is -2.30. The molecule has 1 atom stereocenters. The Morgan fingerprint density at radius 1 is 1.24 bits per heavy atom. The second-order valence-corrected chi connectivity index (χ2v) is 10.0. The number of nitrogens with one attached hydrogen (secondary N) is 1. The monoisotopic (exact) mass is 451 g/mol. The summed E-state index contributed by atoms with van der Waals surface area (Å²) >= 11 is 0. The molecule has 33 heavy (non-hydrogen) atoms. The third-order valence-electron chi connectivity index (χ3n) is 6.29. The lowest BCUT2D eigenvalue weighted by Crippen LogP contribution is -2.43. The van der Waals surface area contributed by atoms with Crippen LogP contribution in [0.25, 0.3) is 21.7 Å². The molecule has 1 aromatic carbocycles. The van der Waals surface area contributed by atoms with Gasteiger partial charge in [0.1, 0.15) is 18.0 Å². The van der Waals surface area contributed by atoms with Gasteiger partial charge in [0.15, 0.2) is 0 Å². The summed E-state index contributed by atoms with van der Waals surface area (Å²) in [5, 5.41) is 5.49. The summed E-state index contributed by atoms with van der Waals surface area (Å²) in [6.07, 6.45) is 5.78. The molecule has 0 spiro atoms. The lowest BCUT2D eigenvalue weighted by atomic mass is 9.81. The van der Waals surface area contributed by atoms with Crippen molar-refractivity contribution >= 4 is 27.8 Å². The van der Waals surface area contributed by atoms with Gasteiger partial charge in [-0.1, -0.05) is 19.3 Å². The van der Waals surface area contributed by atoms with E-state index >= 15 is 0 Å². The average Bonchev–Trinajstić information content (AvgIpc) is 2.71. The summed E-state index contributed by atoms with van der Waals surface area (Å²) in [6.45, 7) is 7.75. The van der Waals surface area contributed by atoms with Gasteiger partial charge in [-0.25, -0.2) is 4.79 Å². The molecule has 3 aromatic rings. The Kier molecular flexibility index (Phi) is 6.32. The Morgan fingerprint density at radius 3 is 2.67 bits per heavy atom. The van der Waals surface area contributed by atoms with E-state index in [2.05, 4.69) is 10.3 Å². The molecule has 176 valence electrons. The van der Waals surface area contributed by atoms with Gasteiger partial charge in [0.2, 0.25) is 0 Å². The predicted molar refractivity (Wildman–Crippen MR) is 130 cm³/mol. The summed E-state index contributed by atoms with van der Waals surface area (Å²) in [5.41, 5.74) is 0.898. The maximum Gasteiger partial charge on any atom is 0.407 e. The van der Waals surface area contributed by atoms with Crippen LogP contribution in [-0.4, -0.2) is 33.9 Å². The zero-order chi connectivity index (χ0) is 23.8. The molecule has 1 aliphatic carbocycles. The first-order valence-corrected chi connectivity index (χ1v) is 11.6. The molecule has 0 radical (unpaired) electrons. The number of aryl methyl sites for hydroxylation is 2. The molecule has 0 aliphatic heterocycles. The first-order chi connectivity index (χ1) is 15.6. The molecule has 7 heteroatoms. The van der Waals surface area contributed by atoms with Gasteiger partial charge in [-0.2, -0.15) is 0 Å². The van der Waals surface area contributed by atoms with Crippen LogP contribution in [0.1, 0.15) is 52.1 Å². The summed E-state index contributed by atoms with van der Waals surface area (Å²) in [5.74, 6) is 1.27. The minimum Gasteiger partial charge on any atom is -0.491 e. The summed E-state index contributed by atoms with van der Waals surface area (Å²) in [6, 6.07) is 7.52. The average molecular weight is 452 g/mol.